The number of urea groups is 1. The molecule has 0 bridgehead atoms. The van der Waals surface area contributed by atoms with Gasteiger partial charge in [-0.3, -0.25) is 10.1 Å². The quantitative estimate of drug-likeness (QED) is 0.645. The second-order valence-electron chi connectivity index (χ2n) is 5.19. The molecule has 0 atom stereocenters. The molecule has 0 saturated carbocycles. The first kappa shape index (κ1) is 18.3. The van der Waals surface area contributed by atoms with Crippen LogP contribution in [0, 0.1) is 0 Å². The molecule has 1 aromatic carbocycles. The monoisotopic (exact) mass is 385 g/mol. The zero-order chi connectivity index (χ0) is 19.2. The molecule has 10 heteroatoms. The van der Waals surface area contributed by atoms with Crippen molar-refractivity contribution in [1.29, 1.82) is 0 Å². The van der Waals surface area contributed by atoms with Crippen LogP contribution in [-0.2, 0) is 9.53 Å². The highest BCUT2D eigenvalue weighted by Gasteiger charge is 2.21. The molecule has 0 unspecified atom stereocenters. The number of benzene rings is 1. The van der Waals surface area contributed by atoms with E-state index in [9.17, 15) is 14.4 Å². The summed E-state index contributed by atoms with van der Waals surface area (Å²) in [6, 6.07) is 12.3. The molecule has 9 nitrogen and oxygen atoms in total. The van der Waals surface area contributed by atoms with Gasteiger partial charge in [-0.25, -0.2) is 14.3 Å². The van der Waals surface area contributed by atoms with E-state index in [4.69, 9.17) is 4.74 Å². The summed E-state index contributed by atoms with van der Waals surface area (Å²) in [5.41, 5.74) is 0.727. The van der Waals surface area contributed by atoms with E-state index in [-0.39, 0.29) is 5.82 Å². The van der Waals surface area contributed by atoms with Crippen LogP contribution in [-0.4, -0.2) is 46.3 Å². The fourth-order valence-corrected chi connectivity index (χ4v) is 2.83. The first-order valence-electron chi connectivity index (χ1n) is 7.83. The summed E-state index contributed by atoms with van der Waals surface area (Å²) in [7, 11) is 1.36. The first-order valence-corrected chi connectivity index (χ1v) is 8.71. The Kier molecular flexibility index (Phi) is 5.57. The van der Waals surface area contributed by atoms with Crippen molar-refractivity contribution in [3.63, 3.8) is 0 Å². The van der Waals surface area contributed by atoms with Crippen molar-refractivity contribution in [2.45, 2.75) is 0 Å². The summed E-state index contributed by atoms with van der Waals surface area (Å²) in [6.07, 6.45) is 0. The number of carbonyl (C=O) groups excluding carboxylic acids is 3. The maximum atomic E-state index is 12.2. The predicted octanol–water partition coefficient (Wildman–Crippen LogP) is 1.61. The van der Waals surface area contributed by atoms with Crippen LogP contribution in [0.3, 0.4) is 0 Å². The van der Waals surface area contributed by atoms with E-state index in [0.717, 1.165) is 10.6 Å². The topological polar surface area (TPSA) is 115 Å². The number of rotatable bonds is 5. The minimum Gasteiger partial charge on any atom is -0.450 e. The molecule has 3 amide bonds. The van der Waals surface area contributed by atoms with Crippen LogP contribution in [0.15, 0.2) is 47.8 Å². The third-order valence-corrected chi connectivity index (χ3v) is 4.21. The number of hydrogen-bond donors (Lipinski definition) is 2. The van der Waals surface area contributed by atoms with Gasteiger partial charge in [0.15, 0.2) is 12.4 Å². The second kappa shape index (κ2) is 8.23. The maximum Gasteiger partial charge on any atom is 0.378 e. The summed E-state index contributed by atoms with van der Waals surface area (Å²) in [5.74, 6) is -1.33. The average Bonchev–Trinajstić information content (AvgIpc) is 3.36. The van der Waals surface area contributed by atoms with Crippen LogP contribution < -0.4 is 10.6 Å². The summed E-state index contributed by atoms with van der Waals surface area (Å²) >= 11 is 1.45. The Bertz CT molecular complexity index is 953. The maximum absolute atomic E-state index is 12.2. The number of ether oxygens (including phenoxy) is 1. The Morgan fingerprint density at radius 1 is 1.15 bits per heavy atom. The Balaban J connectivity index is 1.81. The van der Waals surface area contributed by atoms with Gasteiger partial charge in [-0.05, 0) is 23.6 Å². The van der Waals surface area contributed by atoms with Gasteiger partial charge in [0, 0.05) is 7.05 Å². The lowest BCUT2D eigenvalue weighted by Gasteiger charge is -2.03. The van der Waals surface area contributed by atoms with E-state index in [2.05, 4.69) is 15.4 Å². The van der Waals surface area contributed by atoms with Crippen LogP contribution in [0.4, 0.5) is 4.79 Å². The van der Waals surface area contributed by atoms with Crippen molar-refractivity contribution in [3.05, 3.63) is 53.7 Å². The van der Waals surface area contributed by atoms with Crippen molar-refractivity contribution in [1.82, 2.24) is 25.4 Å². The van der Waals surface area contributed by atoms with E-state index in [1.807, 2.05) is 53.2 Å². The number of imide groups is 1. The molecular formula is C17H15N5O4S. The minimum absolute atomic E-state index is 0.185. The van der Waals surface area contributed by atoms with Gasteiger partial charge in [0.05, 0.1) is 10.6 Å². The molecule has 27 heavy (non-hydrogen) atoms. The summed E-state index contributed by atoms with van der Waals surface area (Å²) in [4.78, 5) is 39.9. The van der Waals surface area contributed by atoms with Crippen molar-refractivity contribution in [2.24, 2.45) is 0 Å². The van der Waals surface area contributed by atoms with Gasteiger partial charge in [-0.1, -0.05) is 24.3 Å². The van der Waals surface area contributed by atoms with Crippen molar-refractivity contribution in [2.75, 3.05) is 13.7 Å². The smallest absolute Gasteiger partial charge is 0.378 e. The molecule has 0 aliphatic rings. The van der Waals surface area contributed by atoms with Crippen LogP contribution in [0.25, 0.3) is 16.4 Å². The van der Waals surface area contributed by atoms with Gasteiger partial charge in [0.2, 0.25) is 0 Å². The molecule has 3 aromatic rings. The van der Waals surface area contributed by atoms with E-state index in [1.54, 1.807) is 0 Å². The van der Waals surface area contributed by atoms with Crippen LogP contribution in [0.1, 0.15) is 10.6 Å². The zero-order valence-corrected chi connectivity index (χ0v) is 15.0. The highest BCUT2D eigenvalue weighted by Crippen LogP contribution is 2.25. The lowest BCUT2D eigenvalue weighted by atomic mass is 10.3. The second-order valence-corrected chi connectivity index (χ2v) is 6.13. The van der Waals surface area contributed by atoms with Crippen LogP contribution in [0.2, 0.25) is 0 Å². The summed E-state index contributed by atoms with van der Waals surface area (Å²) < 4.78 is 6.43. The number of aromatic nitrogens is 3. The predicted molar refractivity (Wildman–Crippen MR) is 97.6 cm³/mol. The molecule has 2 aromatic heterocycles. The third kappa shape index (κ3) is 4.36. The molecule has 0 spiro atoms. The average molecular weight is 385 g/mol. The van der Waals surface area contributed by atoms with Crippen LogP contribution >= 0.6 is 11.3 Å². The van der Waals surface area contributed by atoms with Gasteiger partial charge in [0.1, 0.15) is 0 Å². The number of para-hydroxylation sites is 1. The van der Waals surface area contributed by atoms with Crippen molar-refractivity contribution in [3.8, 4) is 16.4 Å². The largest absolute Gasteiger partial charge is 0.450 e. The molecule has 0 saturated heterocycles. The molecule has 0 aliphatic heterocycles. The highest BCUT2D eigenvalue weighted by atomic mass is 32.1. The van der Waals surface area contributed by atoms with Crippen molar-refractivity contribution >= 4 is 29.2 Å². The standard InChI is InChI=1S/C17H15N5O4S/c1-18-17(25)19-13(23)10-26-16(24)14-20-15(12-8-5-9-27-12)22(21-14)11-6-3-2-4-7-11/h2-9H,10H2,1H3,(H2,18,19,23,25). The summed E-state index contributed by atoms with van der Waals surface area (Å²) in [5, 5.41) is 10.3. The van der Waals surface area contributed by atoms with E-state index >= 15 is 0 Å². The number of carbonyl (C=O) groups is 3. The number of thiophene rings is 1. The van der Waals surface area contributed by atoms with Gasteiger partial charge in [-0.15, -0.1) is 16.4 Å². The molecule has 138 valence electrons. The normalized spacial score (nSPS) is 10.3. The molecule has 2 N–H and O–H groups in total. The lowest BCUT2D eigenvalue weighted by Crippen LogP contribution is -2.39. The van der Waals surface area contributed by atoms with Gasteiger partial charge >= 0.3 is 12.0 Å². The van der Waals surface area contributed by atoms with E-state index < -0.39 is 24.5 Å². The van der Waals surface area contributed by atoms with E-state index in [0.29, 0.717) is 5.82 Å². The first-order chi connectivity index (χ1) is 13.1. The van der Waals surface area contributed by atoms with E-state index in [1.165, 1.54) is 23.1 Å². The minimum atomic E-state index is -0.866. The number of nitrogens with one attached hydrogen (secondary N) is 2. The molecule has 3 rings (SSSR count). The number of nitrogens with zero attached hydrogens (tertiary/aromatic N) is 3. The number of amides is 3. The molecule has 0 fully saturated rings. The fraction of sp³-hybridized carbons (Fsp3) is 0.118. The Morgan fingerprint density at radius 3 is 2.59 bits per heavy atom. The molecular weight excluding hydrogens is 370 g/mol. The van der Waals surface area contributed by atoms with Gasteiger partial charge in [0.25, 0.3) is 11.7 Å². The molecule has 0 aliphatic carbocycles. The third-order valence-electron chi connectivity index (χ3n) is 3.35. The SMILES string of the molecule is CNC(=O)NC(=O)COC(=O)c1nc(-c2cccs2)n(-c2ccccc2)n1. The van der Waals surface area contributed by atoms with Crippen LogP contribution in [0.5, 0.6) is 0 Å². The molecule has 2 heterocycles. The zero-order valence-electron chi connectivity index (χ0n) is 14.2. The van der Waals surface area contributed by atoms with Gasteiger partial charge in [-0.2, -0.15) is 4.98 Å². The Hall–Kier alpha value is -3.53. The van der Waals surface area contributed by atoms with Gasteiger partial charge < -0.3 is 10.1 Å². The fourth-order valence-electron chi connectivity index (χ4n) is 2.13. The summed E-state index contributed by atoms with van der Waals surface area (Å²) in [6.45, 7) is -0.625. The number of hydrogen-bond acceptors (Lipinski definition) is 7. The van der Waals surface area contributed by atoms with Crippen molar-refractivity contribution < 1.29 is 19.1 Å². The lowest BCUT2D eigenvalue weighted by molar-refractivity contribution is -0.123. The Morgan fingerprint density at radius 2 is 1.93 bits per heavy atom. The number of esters is 1. The molecule has 0 radical (unpaired) electrons. The highest BCUT2D eigenvalue weighted by molar-refractivity contribution is 7.13. The Labute approximate surface area is 158 Å².